The maximum absolute atomic E-state index is 12.3. The van der Waals surface area contributed by atoms with Crippen molar-refractivity contribution in [2.75, 3.05) is 4.72 Å². The van der Waals surface area contributed by atoms with E-state index in [1.54, 1.807) is 6.07 Å². The molecule has 108 valence electrons. The zero-order chi connectivity index (χ0) is 14.9. The lowest BCUT2D eigenvalue weighted by molar-refractivity contribution is 0.484. The number of furan rings is 1. The third-order valence-electron chi connectivity index (χ3n) is 2.48. The Kier molecular flexibility index (Phi) is 4.52. The van der Waals surface area contributed by atoms with Gasteiger partial charge in [-0.15, -0.1) is 0 Å². The molecular formula is C11H11Br2N3O3S. The smallest absolute Gasteiger partial charge is 0.267 e. The summed E-state index contributed by atoms with van der Waals surface area (Å²) in [6.45, 7) is 1.95. The first-order valence-electron chi connectivity index (χ1n) is 5.46. The first-order chi connectivity index (χ1) is 9.33. The summed E-state index contributed by atoms with van der Waals surface area (Å²) in [5.41, 5.74) is 6.28. The molecule has 6 nitrogen and oxygen atoms in total. The fourth-order valence-electron chi connectivity index (χ4n) is 1.47. The van der Waals surface area contributed by atoms with Gasteiger partial charge in [-0.3, -0.25) is 4.72 Å². The monoisotopic (exact) mass is 423 g/mol. The lowest BCUT2D eigenvalue weighted by Gasteiger charge is -2.07. The molecule has 0 unspecified atom stereocenters. The SMILES string of the molecule is Cc1cc(NS(=O)(=O)c2cc(CN)oc2Br)ncc1Br. The van der Waals surface area contributed by atoms with Gasteiger partial charge in [0.1, 0.15) is 16.5 Å². The van der Waals surface area contributed by atoms with Gasteiger partial charge in [0.2, 0.25) is 0 Å². The molecule has 0 saturated carbocycles. The highest BCUT2D eigenvalue weighted by molar-refractivity contribution is 9.10. The normalized spacial score (nSPS) is 11.6. The molecule has 0 bridgehead atoms. The number of aryl methyl sites for hydroxylation is 1. The fraction of sp³-hybridized carbons (Fsp3) is 0.182. The molecule has 2 heterocycles. The number of nitrogens with two attached hydrogens (primary N) is 1. The first kappa shape index (κ1) is 15.5. The number of aromatic nitrogens is 1. The van der Waals surface area contributed by atoms with Crippen molar-refractivity contribution in [2.45, 2.75) is 18.4 Å². The summed E-state index contributed by atoms with van der Waals surface area (Å²) in [6, 6.07) is 3.00. The third-order valence-corrected chi connectivity index (χ3v) is 5.52. The van der Waals surface area contributed by atoms with E-state index in [0.717, 1.165) is 10.0 Å². The van der Waals surface area contributed by atoms with Crippen LogP contribution in [0.15, 0.2) is 36.8 Å². The van der Waals surface area contributed by atoms with Crippen LogP contribution in [-0.2, 0) is 16.6 Å². The number of nitrogens with one attached hydrogen (secondary N) is 1. The number of anilines is 1. The zero-order valence-electron chi connectivity index (χ0n) is 10.4. The summed E-state index contributed by atoms with van der Waals surface area (Å²) in [7, 11) is -3.79. The van der Waals surface area contributed by atoms with Gasteiger partial charge in [-0.05, 0) is 50.4 Å². The van der Waals surface area contributed by atoms with Crippen molar-refractivity contribution in [3.8, 4) is 0 Å². The van der Waals surface area contributed by atoms with Gasteiger partial charge >= 0.3 is 0 Å². The van der Waals surface area contributed by atoms with Crippen LogP contribution in [0.1, 0.15) is 11.3 Å². The zero-order valence-corrected chi connectivity index (χ0v) is 14.3. The number of hydrogen-bond donors (Lipinski definition) is 2. The number of halogens is 2. The van der Waals surface area contributed by atoms with Gasteiger partial charge in [0.25, 0.3) is 10.0 Å². The van der Waals surface area contributed by atoms with Crippen LogP contribution in [-0.4, -0.2) is 13.4 Å². The molecule has 0 aliphatic rings. The Morgan fingerprint density at radius 2 is 2.10 bits per heavy atom. The number of pyridine rings is 1. The predicted octanol–water partition coefficient (Wildman–Crippen LogP) is 2.77. The van der Waals surface area contributed by atoms with E-state index >= 15 is 0 Å². The Morgan fingerprint density at radius 3 is 2.65 bits per heavy atom. The van der Waals surface area contributed by atoms with Crippen molar-refractivity contribution >= 4 is 47.7 Å². The molecule has 9 heteroatoms. The minimum absolute atomic E-state index is 0.0136. The molecule has 2 rings (SSSR count). The van der Waals surface area contributed by atoms with Gasteiger partial charge in [0, 0.05) is 16.7 Å². The van der Waals surface area contributed by atoms with Crippen LogP contribution in [0.4, 0.5) is 5.82 Å². The predicted molar refractivity (Wildman–Crippen MR) is 81.8 cm³/mol. The third kappa shape index (κ3) is 3.22. The Labute approximate surface area is 133 Å². The van der Waals surface area contributed by atoms with Gasteiger partial charge in [-0.2, -0.15) is 0 Å². The van der Waals surface area contributed by atoms with Crippen molar-refractivity contribution in [1.29, 1.82) is 0 Å². The molecule has 3 N–H and O–H groups in total. The van der Waals surface area contributed by atoms with Crippen molar-refractivity contribution < 1.29 is 12.8 Å². The van der Waals surface area contributed by atoms with E-state index in [1.807, 2.05) is 6.92 Å². The molecule has 2 aromatic rings. The molecule has 0 saturated heterocycles. The van der Waals surface area contributed by atoms with Gasteiger partial charge in [-0.25, -0.2) is 13.4 Å². The number of rotatable bonds is 4. The number of sulfonamides is 1. The van der Waals surface area contributed by atoms with Crippen LogP contribution in [0.25, 0.3) is 0 Å². The van der Waals surface area contributed by atoms with E-state index in [4.69, 9.17) is 10.2 Å². The Morgan fingerprint density at radius 1 is 1.40 bits per heavy atom. The van der Waals surface area contributed by atoms with Gasteiger partial charge < -0.3 is 10.2 Å². The topological polar surface area (TPSA) is 98.2 Å². The van der Waals surface area contributed by atoms with Crippen LogP contribution < -0.4 is 10.5 Å². The summed E-state index contributed by atoms with van der Waals surface area (Å²) < 4.78 is 33.0. The molecule has 0 fully saturated rings. The highest BCUT2D eigenvalue weighted by atomic mass is 79.9. The Hall–Kier alpha value is -0.900. The van der Waals surface area contributed by atoms with E-state index in [1.165, 1.54) is 12.3 Å². The van der Waals surface area contributed by atoms with Crippen molar-refractivity contribution in [3.63, 3.8) is 0 Å². The van der Waals surface area contributed by atoms with E-state index < -0.39 is 10.0 Å². The van der Waals surface area contributed by atoms with Crippen molar-refractivity contribution in [1.82, 2.24) is 4.98 Å². The van der Waals surface area contributed by atoms with Crippen molar-refractivity contribution in [2.24, 2.45) is 5.73 Å². The highest BCUT2D eigenvalue weighted by Gasteiger charge is 2.22. The second-order valence-corrected chi connectivity index (χ2v) is 7.20. The lowest BCUT2D eigenvalue weighted by Crippen LogP contribution is -2.13. The molecule has 0 aliphatic heterocycles. The van der Waals surface area contributed by atoms with Crippen LogP contribution in [0.2, 0.25) is 0 Å². The van der Waals surface area contributed by atoms with Crippen LogP contribution in [0.5, 0.6) is 0 Å². The Balaban J connectivity index is 2.35. The number of hydrogen-bond acceptors (Lipinski definition) is 5. The van der Waals surface area contributed by atoms with Gasteiger partial charge in [-0.1, -0.05) is 0 Å². The number of nitrogens with zero attached hydrogens (tertiary/aromatic N) is 1. The summed E-state index contributed by atoms with van der Waals surface area (Å²) in [4.78, 5) is 3.99. The standard InChI is InChI=1S/C11H11Br2N3O3S/c1-6-2-10(15-5-8(6)12)16-20(17,18)9-3-7(4-14)19-11(9)13/h2-3,5H,4,14H2,1H3,(H,15,16). The van der Waals surface area contributed by atoms with Crippen LogP contribution in [0.3, 0.4) is 0 Å². The van der Waals surface area contributed by atoms with Gasteiger partial charge in [0.05, 0.1) is 6.54 Å². The molecule has 20 heavy (non-hydrogen) atoms. The molecule has 0 aliphatic carbocycles. The minimum Gasteiger partial charge on any atom is -0.452 e. The summed E-state index contributed by atoms with van der Waals surface area (Å²) >= 11 is 6.37. The Bertz CT molecular complexity index is 743. The fourth-order valence-corrected chi connectivity index (χ4v) is 3.68. The van der Waals surface area contributed by atoms with E-state index in [-0.39, 0.29) is 21.9 Å². The summed E-state index contributed by atoms with van der Waals surface area (Å²) in [5.74, 6) is 0.602. The van der Waals surface area contributed by atoms with Crippen LogP contribution in [0, 0.1) is 6.92 Å². The molecule has 0 aromatic carbocycles. The molecule has 0 atom stereocenters. The molecule has 0 spiro atoms. The van der Waals surface area contributed by atoms with E-state index in [9.17, 15) is 8.42 Å². The van der Waals surface area contributed by atoms with Crippen molar-refractivity contribution in [3.05, 3.63) is 38.8 Å². The second-order valence-electron chi connectivity index (χ2n) is 3.98. The minimum atomic E-state index is -3.79. The summed E-state index contributed by atoms with van der Waals surface area (Å²) in [5, 5.41) is 0. The second kappa shape index (κ2) is 5.84. The maximum atomic E-state index is 12.3. The molecular weight excluding hydrogens is 414 g/mol. The quantitative estimate of drug-likeness (QED) is 0.786. The first-order valence-corrected chi connectivity index (χ1v) is 8.53. The average Bonchev–Trinajstić information content (AvgIpc) is 2.76. The van der Waals surface area contributed by atoms with E-state index in [0.29, 0.717) is 5.76 Å². The molecule has 2 aromatic heterocycles. The lowest BCUT2D eigenvalue weighted by atomic mass is 10.3. The largest absolute Gasteiger partial charge is 0.452 e. The maximum Gasteiger partial charge on any atom is 0.267 e. The molecule has 0 amide bonds. The van der Waals surface area contributed by atoms with E-state index in [2.05, 4.69) is 41.6 Å². The van der Waals surface area contributed by atoms with Gasteiger partial charge in [0.15, 0.2) is 4.67 Å². The summed E-state index contributed by atoms with van der Waals surface area (Å²) in [6.07, 6.45) is 1.53. The molecule has 0 radical (unpaired) electrons. The van der Waals surface area contributed by atoms with Crippen LogP contribution >= 0.6 is 31.9 Å². The average molecular weight is 425 g/mol. The highest BCUT2D eigenvalue weighted by Crippen LogP contribution is 2.28.